The van der Waals surface area contributed by atoms with Crippen LogP contribution < -0.4 is 4.90 Å². The summed E-state index contributed by atoms with van der Waals surface area (Å²) in [7, 11) is 0. The predicted molar refractivity (Wildman–Crippen MR) is 87.0 cm³/mol. The molecule has 5 nitrogen and oxygen atoms in total. The molecule has 0 fully saturated rings. The average molecular weight is 341 g/mol. The minimum absolute atomic E-state index is 0.0578. The van der Waals surface area contributed by atoms with Crippen LogP contribution in [-0.2, 0) is 6.42 Å². The second-order valence-electron chi connectivity index (χ2n) is 5.74. The molecule has 0 spiro atoms. The molecule has 1 amide bonds. The number of para-hydroxylation sites is 1. The molecule has 1 N–H and O–H groups in total. The minimum atomic E-state index is -0.840. The van der Waals surface area contributed by atoms with Crippen LogP contribution in [0.3, 0.4) is 0 Å². The second kappa shape index (κ2) is 5.70. The Labute approximate surface area is 141 Å². The Bertz CT molecular complexity index is 984. The number of hydrogen-bond acceptors (Lipinski definition) is 3. The van der Waals surface area contributed by atoms with E-state index < -0.39 is 17.5 Å². The second-order valence-corrected chi connectivity index (χ2v) is 5.74. The van der Waals surface area contributed by atoms with Gasteiger partial charge >= 0.3 is 0 Å². The lowest BCUT2D eigenvalue weighted by Gasteiger charge is -2.15. The fourth-order valence-corrected chi connectivity index (χ4v) is 2.98. The van der Waals surface area contributed by atoms with E-state index in [2.05, 4.69) is 5.10 Å². The number of rotatable bonds is 2. The van der Waals surface area contributed by atoms with Gasteiger partial charge in [0.1, 0.15) is 11.5 Å². The molecule has 0 bridgehead atoms. The number of nitrogens with zero attached hydrogens (tertiary/aromatic N) is 3. The highest BCUT2D eigenvalue weighted by molar-refractivity contribution is 6.07. The molecule has 126 valence electrons. The van der Waals surface area contributed by atoms with Gasteiger partial charge in [0.15, 0.2) is 17.3 Å². The summed E-state index contributed by atoms with van der Waals surface area (Å²) in [4.78, 5) is 14.3. The number of benzene rings is 2. The summed E-state index contributed by atoms with van der Waals surface area (Å²) < 4.78 is 28.0. The Balaban J connectivity index is 1.70. The number of aromatic hydroxyl groups is 1. The molecule has 1 aliphatic heterocycles. The molecular formula is C18H13F2N3O2. The Kier molecular flexibility index (Phi) is 3.49. The van der Waals surface area contributed by atoms with Crippen LogP contribution in [-0.4, -0.2) is 27.3 Å². The highest BCUT2D eigenvalue weighted by Gasteiger charge is 2.29. The van der Waals surface area contributed by atoms with Crippen LogP contribution in [0.5, 0.6) is 5.75 Å². The van der Waals surface area contributed by atoms with Crippen LogP contribution in [0.1, 0.15) is 16.1 Å². The third-order valence-corrected chi connectivity index (χ3v) is 4.19. The Morgan fingerprint density at radius 1 is 1.12 bits per heavy atom. The summed E-state index contributed by atoms with van der Waals surface area (Å²) in [5.74, 6) is -2.39. The molecule has 0 saturated heterocycles. The maximum Gasteiger partial charge on any atom is 0.282 e. The number of anilines is 1. The summed E-state index contributed by atoms with van der Waals surface area (Å²) >= 11 is 0. The van der Waals surface area contributed by atoms with Crippen molar-refractivity contribution < 1.29 is 18.7 Å². The van der Waals surface area contributed by atoms with E-state index >= 15 is 0 Å². The summed E-state index contributed by atoms with van der Waals surface area (Å²) in [5.41, 5.74) is 1.58. The third kappa shape index (κ3) is 2.53. The van der Waals surface area contributed by atoms with Crippen molar-refractivity contribution >= 4 is 11.6 Å². The summed E-state index contributed by atoms with van der Waals surface area (Å²) in [6.45, 7) is 0.482. The smallest absolute Gasteiger partial charge is 0.282 e. The number of aromatic nitrogens is 2. The van der Waals surface area contributed by atoms with E-state index in [1.165, 1.54) is 11.0 Å². The molecule has 1 aliphatic rings. The van der Waals surface area contributed by atoms with E-state index in [1.807, 2.05) is 24.3 Å². The molecule has 25 heavy (non-hydrogen) atoms. The van der Waals surface area contributed by atoms with Crippen molar-refractivity contribution in [3.8, 4) is 11.4 Å². The van der Waals surface area contributed by atoms with Gasteiger partial charge in [0, 0.05) is 18.3 Å². The fraction of sp³-hybridized carbons (Fsp3) is 0.111. The normalized spacial score (nSPS) is 13.1. The van der Waals surface area contributed by atoms with Crippen molar-refractivity contribution in [2.24, 2.45) is 0 Å². The number of carbonyl (C=O) groups is 1. The van der Waals surface area contributed by atoms with Crippen LogP contribution in [0.25, 0.3) is 5.69 Å². The van der Waals surface area contributed by atoms with Crippen LogP contribution in [0, 0.1) is 11.6 Å². The Morgan fingerprint density at radius 3 is 2.72 bits per heavy atom. The molecular weight excluding hydrogens is 328 g/mol. The average Bonchev–Trinajstić information content (AvgIpc) is 3.18. The molecule has 3 aromatic rings. The van der Waals surface area contributed by atoms with Gasteiger partial charge in [0.25, 0.3) is 5.91 Å². The van der Waals surface area contributed by atoms with E-state index in [9.17, 15) is 18.7 Å². The number of hydrogen-bond donors (Lipinski definition) is 1. The first-order chi connectivity index (χ1) is 12.0. The topological polar surface area (TPSA) is 58.4 Å². The van der Waals surface area contributed by atoms with Crippen molar-refractivity contribution in [2.45, 2.75) is 6.42 Å². The minimum Gasteiger partial charge on any atom is -0.504 e. The number of amides is 1. The lowest BCUT2D eigenvalue weighted by molar-refractivity contribution is 0.0981. The summed E-state index contributed by atoms with van der Waals surface area (Å²) in [6, 6.07) is 10.5. The van der Waals surface area contributed by atoms with Crippen molar-refractivity contribution in [3.05, 3.63) is 71.6 Å². The zero-order valence-corrected chi connectivity index (χ0v) is 13.0. The Morgan fingerprint density at radius 2 is 1.92 bits per heavy atom. The van der Waals surface area contributed by atoms with Gasteiger partial charge in [-0.15, -0.1) is 0 Å². The first-order valence-corrected chi connectivity index (χ1v) is 7.68. The monoisotopic (exact) mass is 341 g/mol. The van der Waals surface area contributed by atoms with Crippen LogP contribution >= 0.6 is 0 Å². The maximum absolute atomic E-state index is 13.9. The fourth-order valence-electron chi connectivity index (χ4n) is 2.98. The molecule has 0 unspecified atom stereocenters. The van der Waals surface area contributed by atoms with Gasteiger partial charge in [-0.3, -0.25) is 4.79 Å². The molecule has 0 saturated carbocycles. The molecule has 1 aromatic heterocycles. The SMILES string of the molecule is O=C(c1nn(-c2ccc(F)cc2F)cc1O)N1CCc2ccccc21. The summed E-state index contributed by atoms with van der Waals surface area (Å²) in [6.07, 6.45) is 1.85. The van der Waals surface area contributed by atoms with E-state index in [1.54, 1.807) is 0 Å². The van der Waals surface area contributed by atoms with Crippen LogP contribution in [0.2, 0.25) is 0 Å². The number of carbonyl (C=O) groups excluding carboxylic acids is 1. The molecule has 7 heteroatoms. The standard InChI is InChI=1S/C18H13F2N3O2/c19-12-5-6-15(13(20)9-12)23-10-16(24)17(21-23)18(25)22-8-7-11-3-1-2-4-14(11)22/h1-6,9-10,24H,7-8H2. The van der Waals surface area contributed by atoms with Crippen molar-refractivity contribution in [1.82, 2.24) is 9.78 Å². The van der Waals surface area contributed by atoms with Gasteiger partial charge in [-0.05, 0) is 30.2 Å². The maximum atomic E-state index is 13.9. The molecule has 0 atom stereocenters. The van der Waals surface area contributed by atoms with E-state index in [-0.39, 0.29) is 17.1 Å². The first kappa shape index (κ1) is 15.3. The van der Waals surface area contributed by atoms with E-state index in [0.29, 0.717) is 12.6 Å². The molecule has 0 radical (unpaired) electrons. The van der Waals surface area contributed by atoms with Crippen molar-refractivity contribution in [3.63, 3.8) is 0 Å². The lowest BCUT2D eigenvalue weighted by atomic mass is 10.2. The van der Waals surface area contributed by atoms with Crippen LogP contribution in [0.15, 0.2) is 48.7 Å². The molecule has 2 heterocycles. The highest BCUT2D eigenvalue weighted by Crippen LogP contribution is 2.30. The largest absolute Gasteiger partial charge is 0.504 e. The zero-order valence-electron chi connectivity index (χ0n) is 13.0. The predicted octanol–water partition coefficient (Wildman–Crippen LogP) is 3.06. The Hall–Kier alpha value is -3.22. The van der Waals surface area contributed by atoms with Gasteiger partial charge in [-0.1, -0.05) is 18.2 Å². The van der Waals surface area contributed by atoms with Gasteiger partial charge < -0.3 is 10.0 Å². The quantitative estimate of drug-likeness (QED) is 0.779. The number of halogens is 2. The van der Waals surface area contributed by atoms with E-state index in [0.717, 1.165) is 34.6 Å². The molecule has 4 rings (SSSR count). The van der Waals surface area contributed by atoms with Crippen molar-refractivity contribution in [1.29, 1.82) is 0 Å². The summed E-state index contributed by atoms with van der Waals surface area (Å²) in [5, 5.41) is 14.1. The van der Waals surface area contributed by atoms with Gasteiger partial charge in [-0.2, -0.15) is 5.10 Å². The van der Waals surface area contributed by atoms with Crippen LogP contribution in [0.4, 0.5) is 14.5 Å². The number of fused-ring (bicyclic) bond motifs is 1. The highest BCUT2D eigenvalue weighted by atomic mass is 19.1. The lowest BCUT2D eigenvalue weighted by Crippen LogP contribution is -2.29. The molecule has 2 aromatic carbocycles. The molecule has 0 aliphatic carbocycles. The first-order valence-electron chi connectivity index (χ1n) is 7.68. The third-order valence-electron chi connectivity index (χ3n) is 4.19. The van der Waals surface area contributed by atoms with Crippen molar-refractivity contribution in [2.75, 3.05) is 11.4 Å². The van der Waals surface area contributed by atoms with Gasteiger partial charge in [0.2, 0.25) is 0 Å². The van der Waals surface area contributed by atoms with E-state index in [4.69, 9.17) is 0 Å². The van der Waals surface area contributed by atoms with Gasteiger partial charge in [0.05, 0.1) is 6.20 Å². The van der Waals surface area contributed by atoms with Gasteiger partial charge in [-0.25, -0.2) is 13.5 Å². The zero-order chi connectivity index (χ0) is 17.6.